The summed E-state index contributed by atoms with van der Waals surface area (Å²) >= 11 is 0. The number of rotatable bonds is 8. The first-order valence-electron chi connectivity index (χ1n) is 10.1. The summed E-state index contributed by atoms with van der Waals surface area (Å²) in [7, 11) is 0. The molecule has 0 aliphatic heterocycles. The van der Waals surface area contributed by atoms with Crippen molar-refractivity contribution in [2.45, 2.75) is 46.6 Å². The molecule has 2 N–H and O–H groups in total. The van der Waals surface area contributed by atoms with E-state index in [1.54, 1.807) is 38.1 Å². The number of carbonyl (C=O) groups is 3. The predicted octanol–water partition coefficient (Wildman–Crippen LogP) is 4.05. The lowest BCUT2D eigenvalue weighted by atomic mass is 9.98. The van der Waals surface area contributed by atoms with Crippen molar-refractivity contribution in [2.75, 3.05) is 11.9 Å². The highest BCUT2D eigenvalue weighted by Crippen LogP contribution is 2.27. The van der Waals surface area contributed by atoms with Gasteiger partial charge in [0.2, 0.25) is 0 Å². The number of ether oxygens (including phenoxy) is 1. The SMILES string of the molecule is Cc1cccc(C(C)C)c1NC(=O)COC(=O)C(NC(=O)c1ccccc1)C(C)C. The first kappa shape index (κ1) is 23.1. The lowest BCUT2D eigenvalue weighted by Gasteiger charge is -2.21. The number of amides is 2. The molecule has 6 heteroatoms. The monoisotopic (exact) mass is 410 g/mol. The van der Waals surface area contributed by atoms with Gasteiger partial charge in [0.1, 0.15) is 6.04 Å². The smallest absolute Gasteiger partial charge is 0.329 e. The van der Waals surface area contributed by atoms with E-state index in [9.17, 15) is 14.4 Å². The predicted molar refractivity (Wildman–Crippen MR) is 117 cm³/mol. The van der Waals surface area contributed by atoms with E-state index in [1.807, 2.05) is 45.0 Å². The zero-order valence-electron chi connectivity index (χ0n) is 18.2. The first-order chi connectivity index (χ1) is 14.2. The Morgan fingerprint density at radius 2 is 1.60 bits per heavy atom. The third-order valence-electron chi connectivity index (χ3n) is 4.78. The fourth-order valence-electron chi connectivity index (χ4n) is 3.06. The Labute approximate surface area is 178 Å². The average Bonchev–Trinajstić information content (AvgIpc) is 2.71. The van der Waals surface area contributed by atoms with Gasteiger partial charge in [-0.15, -0.1) is 0 Å². The Bertz CT molecular complexity index is 891. The van der Waals surface area contributed by atoms with Crippen molar-refractivity contribution < 1.29 is 19.1 Å². The minimum atomic E-state index is -0.852. The first-order valence-corrected chi connectivity index (χ1v) is 10.1. The molecule has 2 aromatic carbocycles. The second kappa shape index (κ2) is 10.6. The molecule has 0 saturated carbocycles. The molecule has 0 bridgehead atoms. The van der Waals surface area contributed by atoms with E-state index >= 15 is 0 Å². The lowest BCUT2D eigenvalue weighted by molar-refractivity contribution is -0.150. The number of carbonyl (C=O) groups excluding carboxylic acids is 3. The molecule has 2 aromatic rings. The van der Waals surface area contributed by atoms with E-state index in [4.69, 9.17) is 4.74 Å². The van der Waals surface area contributed by atoms with Crippen molar-refractivity contribution in [3.63, 3.8) is 0 Å². The molecular formula is C24H30N2O4. The van der Waals surface area contributed by atoms with Crippen LogP contribution in [0.25, 0.3) is 0 Å². The highest BCUT2D eigenvalue weighted by atomic mass is 16.5. The van der Waals surface area contributed by atoms with E-state index in [1.165, 1.54) is 0 Å². The minimum absolute atomic E-state index is 0.197. The summed E-state index contributed by atoms with van der Waals surface area (Å²) < 4.78 is 5.21. The molecule has 0 aromatic heterocycles. The molecule has 1 unspecified atom stereocenters. The maximum atomic E-state index is 12.5. The third-order valence-corrected chi connectivity index (χ3v) is 4.78. The van der Waals surface area contributed by atoms with Gasteiger partial charge in [-0.05, 0) is 42.0 Å². The van der Waals surface area contributed by atoms with Gasteiger partial charge in [0.15, 0.2) is 6.61 Å². The molecule has 0 heterocycles. The van der Waals surface area contributed by atoms with Crippen molar-refractivity contribution in [3.8, 4) is 0 Å². The quantitative estimate of drug-likeness (QED) is 0.643. The fourth-order valence-corrected chi connectivity index (χ4v) is 3.06. The molecule has 0 aliphatic carbocycles. The van der Waals surface area contributed by atoms with E-state index in [0.29, 0.717) is 5.56 Å². The maximum Gasteiger partial charge on any atom is 0.329 e. The van der Waals surface area contributed by atoms with Crippen LogP contribution in [0.2, 0.25) is 0 Å². The summed E-state index contributed by atoms with van der Waals surface area (Å²) in [5, 5.41) is 5.54. The van der Waals surface area contributed by atoms with Gasteiger partial charge in [-0.1, -0.05) is 64.1 Å². The van der Waals surface area contributed by atoms with Crippen LogP contribution in [-0.2, 0) is 14.3 Å². The van der Waals surface area contributed by atoms with Crippen LogP contribution in [0.4, 0.5) is 5.69 Å². The number of benzene rings is 2. The number of para-hydroxylation sites is 1. The zero-order chi connectivity index (χ0) is 22.3. The Hall–Kier alpha value is -3.15. The molecular weight excluding hydrogens is 380 g/mol. The van der Waals surface area contributed by atoms with Crippen LogP contribution >= 0.6 is 0 Å². The molecule has 6 nitrogen and oxygen atoms in total. The van der Waals surface area contributed by atoms with Crippen LogP contribution in [0.3, 0.4) is 0 Å². The van der Waals surface area contributed by atoms with Crippen LogP contribution < -0.4 is 10.6 Å². The molecule has 0 spiro atoms. The topological polar surface area (TPSA) is 84.5 Å². The summed E-state index contributed by atoms with van der Waals surface area (Å²) in [6.07, 6.45) is 0. The maximum absolute atomic E-state index is 12.5. The highest BCUT2D eigenvalue weighted by molar-refractivity contribution is 5.98. The minimum Gasteiger partial charge on any atom is -0.454 e. The van der Waals surface area contributed by atoms with Gasteiger partial charge in [0.05, 0.1) is 0 Å². The molecule has 1 atom stereocenters. The summed E-state index contributed by atoms with van der Waals surface area (Å²) in [5.41, 5.74) is 3.15. The molecule has 160 valence electrons. The van der Waals surface area contributed by atoms with Crippen LogP contribution in [0.1, 0.15) is 55.1 Å². The normalized spacial score (nSPS) is 11.8. The van der Waals surface area contributed by atoms with Crippen LogP contribution in [0.15, 0.2) is 48.5 Å². The lowest BCUT2D eigenvalue weighted by Crippen LogP contribution is -2.45. The average molecular weight is 411 g/mol. The van der Waals surface area contributed by atoms with E-state index in [-0.39, 0.29) is 17.7 Å². The van der Waals surface area contributed by atoms with Gasteiger partial charge in [-0.25, -0.2) is 4.79 Å². The Balaban J connectivity index is 1.99. The van der Waals surface area contributed by atoms with Crippen molar-refractivity contribution in [3.05, 3.63) is 65.2 Å². The van der Waals surface area contributed by atoms with Crippen molar-refractivity contribution in [2.24, 2.45) is 5.92 Å². The summed E-state index contributed by atoms with van der Waals surface area (Å²) in [6.45, 7) is 9.20. The van der Waals surface area contributed by atoms with Gasteiger partial charge >= 0.3 is 5.97 Å². The molecule has 0 saturated heterocycles. The van der Waals surface area contributed by atoms with Crippen LogP contribution in [0, 0.1) is 12.8 Å². The van der Waals surface area contributed by atoms with Crippen molar-refractivity contribution in [1.82, 2.24) is 5.32 Å². The molecule has 0 aliphatic rings. The Kier molecular flexibility index (Phi) is 8.16. The van der Waals surface area contributed by atoms with E-state index < -0.39 is 24.5 Å². The molecule has 2 amide bonds. The number of aryl methyl sites for hydroxylation is 1. The highest BCUT2D eigenvalue weighted by Gasteiger charge is 2.27. The Morgan fingerprint density at radius 3 is 2.20 bits per heavy atom. The van der Waals surface area contributed by atoms with E-state index in [0.717, 1.165) is 16.8 Å². The number of hydrogen-bond acceptors (Lipinski definition) is 4. The summed E-state index contributed by atoms with van der Waals surface area (Å²) in [5.74, 6) is -1.38. The number of hydrogen-bond donors (Lipinski definition) is 2. The van der Waals surface area contributed by atoms with Crippen molar-refractivity contribution in [1.29, 1.82) is 0 Å². The molecule has 2 rings (SSSR count). The number of nitrogens with one attached hydrogen (secondary N) is 2. The standard InChI is InChI=1S/C24H30N2O4/c1-15(2)19-13-9-10-17(5)22(19)25-20(27)14-30-24(29)21(16(3)4)26-23(28)18-11-7-6-8-12-18/h6-13,15-16,21H,14H2,1-5H3,(H,25,27)(H,26,28). The van der Waals surface area contributed by atoms with E-state index in [2.05, 4.69) is 10.6 Å². The number of anilines is 1. The largest absolute Gasteiger partial charge is 0.454 e. The van der Waals surface area contributed by atoms with Crippen molar-refractivity contribution >= 4 is 23.5 Å². The van der Waals surface area contributed by atoms with Gasteiger partial charge in [-0.3, -0.25) is 9.59 Å². The zero-order valence-corrected chi connectivity index (χ0v) is 18.2. The van der Waals surface area contributed by atoms with Gasteiger partial charge in [0, 0.05) is 11.3 Å². The third kappa shape index (κ3) is 6.17. The van der Waals surface area contributed by atoms with Gasteiger partial charge in [-0.2, -0.15) is 0 Å². The second-order valence-corrected chi connectivity index (χ2v) is 7.91. The molecule has 30 heavy (non-hydrogen) atoms. The second-order valence-electron chi connectivity index (χ2n) is 7.91. The molecule has 0 fully saturated rings. The van der Waals surface area contributed by atoms with Gasteiger partial charge < -0.3 is 15.4 Å². The number of esters is 1. The fraction of sp³-hybridized carbons (Fsp3) is 0.375. The van der Waals surface area contributed by atoms with Gasteiger partial charge in [0.25, 0.3) is 11.8 Å². The van der Waals surface area contributed by atoms with Crippen LogP contribution in [0.5, 0.6) is 0 Å². The summed E-state index contributed by atoms with van der Waals surface area (Å²) in [6, 6.07) is 13.6. The molecule has 0 radical (unpaired) electrons. The Morgan fingerprint density at radius 1 is 0.933 bits per heavy atom. The summed E-state index contributed by atoms with van der Waals surface area (Å²) in [4.78, 5) is 37.3. The van der Waals surface area contributed by atoms with Crippen LogP contribution in [-0.4, -0.2) is 30.4 Å².